The molecule has 0 aromatic heterocycles. The van der Waals surface area contributed by atoms with Crippen molar-refractivity contribution < 1.29 is 8.42 Å². The predicted molar refractivity (Wildman–Crippen MR) is 96.6 cm³/mol. The summed E-state index contributed by atoms with van der Waals surface area (Å²) < 4.78 is 28.4. The van der Waals surface area contributed by atoms with Crippen LogP contribution in [0.5, 0.6) is 0 Å². The third kappa shape index (κ3) is 2.77. The quantitative estimate of drug-likeness (QED) is 0.770. The first kappa shape index (κ1) is 15.2. The van der Waals surface area contributed by atoms with E-state index in [1.165, 1.54) is 11.1 Å². The molecule has 0 spiro atoms. The van der Waals surface area contributed by atoms with Crippen molar-refractivity contribution in [2.24, 2.45) is 0 Å². The maximum atomic E-state index is 12.9. The minimum atomic E-state index is -3.63. The van der Waals surface area contributed by atoms with E-state index < -0.39 is 10.0 Å². The molecule has 3 aromatic carbocycles. The first-order valence-corrected chi connectivity index (χ1v) is 9.45. The van der Waals surface area contributed by atoms with Crippen LogP contribution in [-0.4, -0.2) is 15.0 Å². The van der Waals surface area contributed by atoms with E-state index in [1.807, 2.05) is 48.5 Å². The summed E-state index contributed by atoms with van der Waals surface area (Å²) in [7, 11) is -3.63. The molecule has 0 atom stereocenters. The molecule has 4 rings (SSSR count). The number of hydrogen-bond acceptors (Lipinski definition) is 3. The van der Waals surface area contributed by atoms with Gasteiger partial charge in [-0.3, -0.25) is 4.72 Å². The van der Waals surface area contributed by atoms with Crippen molar-refractivity contribution in [3.05, 3.63) is 71.8 Å². The molecular formula is C19H18N2O2S. The summed E-state index contributed by atoms with van der Waals surface area (Å²) in [5.41, 5.74) is 3.05. The lowest BCUT2D eigenvalue weighted by molar-refractivity contribution is 0.602. The van der Waals surface area contributed by atoms with Crippen LogP contribution in [0.15, 0.2) is 65.6 Å². The van der Waals surface area contributed by atoms with Crippen LogP contribution in [0.2, 0.25) is 0 Å². The summed E-state index contributed by atoms with van der Waals surface area (Å²) in [6.07, 6.45) is 0.916. The van der Waals surface area contributed by atoms with Gasteiger partial charge in [-0.1, -0.05) is 42.5 Å². The molecule has 0 saturated heterocycles. The Morgan fingerprint density at radius 3 is 2.67 bits per heavy atom. The molecule has 122 valence electrons. The van der Waals surface area contributed by atoms with E-state index >= 15 is 0 Å². The van der Waals surface area contributed by atoms with Gasteiger partial charge in [0.2, 0.25) is 0 Å². The van der Waals surface area contributed by atoms with Crippen LogP contribution in [0.25, 0.3) is 10.8 Å². The van der Waals surface area contributed by atoms with Gasteiger partial charge in [-0.15, -0.1) is 0 Å². The maximum absolute atomic E-state index is 12.9. The van der Waals surface area contributed by atoms with Gasteiger partial charge in [0.1, 0.15) is 0 Å². The Kier molecular flexibility index (Phi) is 3.75. The zero-order valence-electron chi connectivity index (χ0n) is 13.1. The smallest absolute Gasteiger partial charge is 0.262 e. The second-order valence-corrected chi connectivity index (χ2v) is 7.64. The second-order valence-electron chi connectivity index (χ2n) is 5.99. The minimum Gasteiger partial charge on any atom is -0.312 e. The number of fused-ring (bicyclic) bond motifs is 2. The molecule has 4 nitrogen and oxygen atoms in total. The van der Waals surface area contributed by atoms with E-state index in [1.54, 1.807) is 12.1 Å². The number of sulfonamides is 1. The van der Waals surface area contributed by atoms with Crippen molar-refractivity contribution >= 4 is 26.5 Å². The van der Waals surface area contributed by atoms with E-state index in [9.17, 15) is 8.42 Å². The van der Waals surface area contributed by atoms with Gasteiger partial charge >= 0.3 is 0 Å². The van der Waals surface area contributed by atoms with Crippen LogP contribution in [0.1, 0.15) is 11.1 Å². The summed E-state index contributed by atoms with van der Waals surface area (Å²) in [5.74, 6) is 0. The Morgan fingerprint density at radius 2 is 1.75 bits per heavy atom. The lowest BCUT2D eigenvalue weighted by Crippen LogP contribution is -2.23. The summed E-state index contributed by atoms with van der Waals surface area (Å²) >= 11 is 0. The maximum Gasteiger partial charge on any atom is 0.262 e. The Morgan fingerprint density at radius 1 is 0.917 bits per heavy atom. The SMILES string of the molecule is O=S(=O)(Nc1ccc2c(c1)CCNC2)c1cccc2ccccc12. The molecule has 3 aromatic rings. The number of rotatable bonds is 3. The molecule has 1 aliphatic rings. The van der Waals surface area contributed by atoms with Gasteiger partial charge < -0.3 is 5.32 Å². The van der Waals surface area contributed by atoms with Gasteiger partial charge in [-0.2, -0.15) is 0 Å². The molecule has 0 aliphatic carbocycles. The molecule has 1 aliphatic heterocycles. The first-order chi connectivity index (χ1) is 11.6. The third-order valence-corrected chi connectivity index (χ3v) is 5.82. The highest BCUT2D eigenvalue weighted by atomic mass is 32.2. The molecular weight excluding hydrogens is 320 g/mol. The van der Waals surface area contributed by atoms with Crippen molar-refractivity contribution in [1.82, 2.24) is 5.32 Å². The largest absolute Gasteiger partial charge is 0.312 e. The lowest BCUT2D eigenvalue weighted by Gasteiger charge is -2.18. The molecule has 2 N–H and O–H groups in total. The van der Waals surface area contributed by atoms with Gasteiger partial charge in [0.25, 0.3) is 10.0 Å². The van der Waals surface area contributed by atoms with Crippen LogP contribution in [0, 0.1) is 0 Å². The monoisotopic (exact) mass is 338 g/mol. The van der Waals surface area contributed by atoms with Crippen molar-refractivity contribution in [3.8, 4) is 0 Å². The molecule has 5 heteroatoms. The normalized spacial score (nSPS) is 14.3. The highest BCUT2D eigenvalue weighted by molar-refractivity contribution is 7.93. The molecule has 0 radical (unpaired) electrons. The zero-order valence-corrected chi connectivity index (χ0v) is 13.9. The average molecular weight is 338 g/mol. The number of nitrogens with one attached hydrogen (secondary N) is 2. The summed E-state index contributed by atoms with van der Waals surface area (Å²) in [5, 5.41) is 4.96. The highest BCUT2D eigenvalue weighted by Gasteiger charge is 2.18. The van der Waals surface area contributed by atoms with Crippen molar-refractivity contribution in [3.63, 3.8) is 0 Å². The molecule has 0 amide bonds. The van der Waals surface area contributed by atoms with E-state index in [-0.39, 0.29) is 0 Å². The highest BCUT2D eigenvalue weighted by Crippen LogP contribution is 2.26. The second kappa shape index (κ2) is 5.92. The van der Waals surface area contributed by atoms with Crippen LogP contribution in [-0.2, 0) is 23.0 Å². The van der Waals surface area contributed by atoms with Crippen molar-refractivity contribution in [1.29, 1.82) is 0 Å². The molecule has 1 heterocycles. The van der Waals surface area contributed by atoms with Crippen LogP contribution >= 0.6 is 0 Å². The number of hydrogen-bond donors (Lipinski definition) is 2. The Balaban J connectivity index is 1.73. The Bertz CT molecular complexity index is 1010. The van der Waals surface area contributed by atoms with E-state index in [2.05, 4.69) is 10.0 Å². The Labute approximate surface area is 141 Å². The van der Waals surface area contributed by atoms with Crippen LogP contribution < -0.4 is 10.0 Å². The molecule has 24 heavy (non-hydrogen) atoms. The van der Waals surface area contributed by atoms with Gasteiger partial charge in [0, 0.05) is 17.6 Å². The van der Waals surface area contributed by atoms with E-state index in [0.717, 1.165) is 30.3 Å². The van der Waals surface area contributed by atoms with Crippen LogP contribution in [0.4, 0.5) is 5.69 Å². The summed E-state index contributed by atoms with van der Waals surface area (Å²) in [4.78, 5) is 0.306. The lowest BCUT2D eigenvalue weighted by atomic mass is 10.0. The zero-order chi connectivity index (χ0) is 16.6. The van der Waals surface area contributed by atoms with Crippen molar-refractivity contribution in [2.45, 2.75) is 17.9 Å². The van der Waals surface area contributed by atoms with Crippen molar-refractivity contribution in [2.75, 3.05) is 11.3 Å². The Hall–Kier alpha value is -2.37. The first-order valence-electron chi connectivity index (χ1n) is 7.97. The average Bonchev–Trinajstić information content (AvgIpc) is 2.61. The van der Waals surface area contributed by atoms with Gasteiger partial charge in [0.05, 0.1) is 4.90 Å². The topological polar surface area (TPSA) is 58.2 Å². The molecule has 0 bridgehead atoms. The van der Waals surface area contributed by atoms with Crippen LogP contribution in [0.3, 0.4) is 0 Å². The number of anilines is 1. The fourth-order valence-electron chi connectivity index (χ4n) is 3.18. The standard InChI is InChI=1S/C19H18N2O2S/c22-24(23,19-7-3-5-14-4-1-2-6-18(14)19)21-17-9-8-16-13-20-11-10-15(16)12-17/h1-9,12,20-21H,10-11,13H2. The molecule has 0 fully saturated rings. The van der Waals surface area contributed by atoms with Gasteiger partial charge in [-0.05, 0) is 47.7 Å². The number of benzene rings is 3. The fourth-order valence-corrected chi connectivity index (χ4v) is 4.46. The third-order valence-electron chi connectivity index (χ3n) is 4.38. The van der Waals surface area contributed by atoms with E-state index in [4.69, 9.17) is 0 Å². The summed E-state index contributed by atoms with van der Waals surface area (Å²) in [6, 6.07) is 18.6. The predicted octanol–water partition coefficient (Wildman–Crippen LogP) is 3.29. The minimum absolute atomic E-state index is 0.306. The van der Waals surface area contributed by atoms with E-state index in [0.29, 0.717) is 10.6 Å². The van der Waals surface area contributed by atoms with Gasteiger partial charge in [0.15, 0.2) is 0 Å². The molecule has 0 unspecified atom stereocenters. The fraction of sp³-hybridized carbons (Fsp3) is 0.158. The van der Waals surface area contributed by atoms with Gasteiger partial charge in [-0.25, -0.2) is 8.42 Å². The summed E-state index contributed by atoms with van der Waals surface area (Å²) in [6.45, 7) is 1.76. The molecule has 0 saturated carbocycles.